The molecule has 1 aliphatic heterocycles. The monoisotopic (exact) mass is 390 g/mol. The first-order valence-electron chi connectivity index (χ1n) is 9.86. The van der Waals surface area contributed by atoms with Crippen LogP contribution in [-0.4, -0.2) is 51.9 Å². The Bertz CT molecular complexity index is 1070. The van der Waals surface area contributed by atoms with E-state index in [0.717, 1.165) is 52.9 Å². The first-order valence-corrected chi connectivity index (χ1v) is 9.86. The summed E-state index contributed by atoms with van der Waals surface area (Å²) in [6.07, 6.45) is 4.54. The molecule has 4 rings (SSSR count). The zero-order valence-electron chi connectivity index (χ0n) is 17.1. The molecular weight excluding hydrogens is 364 g/mol. The number of aromatic nitrogens is 3. The van der Waals surface area contributed by atoms with Crippen LogP contribution in [0.25, 0.3) is 10.8 Å². The highest BCUT2D eigenvalue weighted by Gasteiger charge is 2.25. The molecule has 1 atom stereocenters. The van der Waals surface area contributed by atoms with Gasteiger partial charge >= 0.3 is 0 Å². The van der Waals surface area contributed by atoms with Crippen LogP contribution >= 0.6 is 0 Å². The van der Waals surface area contributed by atoms with Crippen LogP contribution in [0.5, 0.6) is 0 Å². The molecule has 0 radical (unpaired) electrons. The fourth-order valence-electron chi connectivity index (χ4n) is 3.74. The summed E-state index contributed by atoms with van der Waals surface area (Å²) in [6.45, 7) is 6.01. The van der Waals surface area contributed by atoms with Gasteiger partial charge in [0.05, 0.1) is 0 Å². The van der Waals surface area contributed by atoms with Gasteiger partial charge in [0.1, 0.15) is 5.82 Å². The van der Waals surface area contributed by atoms with Crippen molar-refractivity contribution in [3.63, 3.8) is 0 Å². The van der Waals surface area contributed by atoms with Crippen molar-refractivity contribution in [3.8, 4) is 0 Å². The molecule has 0 bridgehead atoms. The fraction of sp³-hybridized carbons (Fsp3) is 0.364. The molecule has 2 N–H and O–H groups in total. The molecule has 1 fully saturated rings. The highest BCUT2D eigenvalue weighted by Crippen LogP contribution is 2.24. The standard InChI is InChI=1S/C22H26N6O/c1-14-15(2)25-20(26-21(14)28-9-7-19(23)13-28)22(29)27(3)12-16-4-5-18-11-24-8-6-17(18)10-16/h4-6,8,10-11,19H,7,9,12-13,23H2,1-3H3/t19-/m1/s1. The summed E-state index contributed by atoms with van der Waals surface area (Å²) in [4.78, 5) is 30.1. The van der Waals surface area contributed by atoms with Gasteiger partial charge in [0.25, 0.3) is 5.91 Å². The van der Waals surface area contributed by atoms with Gasteiger partial charge in [-0.1, -0.05) is 12.1 Å². The summed E-state index contributed by atoms with van der Waals surface area (Å²) in [6, 6.07) is 8.25. The van der Waals surface area contributed by atoms with E-state index in [0.29, 0.717) is 6.54 Å². The molecule has 0 unspecified atom stereocenters. The van der Waals surface area contributed by atoms with Crippen LogP contribution in [0.1, 0.15) is 33.9 Å². The number of carbonyl (C=O) groups excluding carboxylic acids is 1. The van der Waals surface area contributed by atoms with E-state index in [-0.39, 0.29) is 17.8 Å². The predicted octanol–water partition coefficient (Wildman–Crippen LogP) is 2.45. The zero-order valence-corrected chi connectivity index (χ0v) is 17.1. The van der Waals surface area contributed by atoms with Gasteiger partial charge in [-0.15, -0.1) is 0 Å². The Morgan fingerprint density at radius 2 is 2.07 bits per heavy atom. The van der Waals surface area contributed by atoms with Crippen LogP contribution in [0.2, 0.25) is 0 Å². The van der Waals surface area contributed by atoms with Crippen molar-refractivity contribution in [2.75, 3.05) is 25.0 Å². The Morgan fingerprint density at radius 1 is 1.24 bits per heavy atom. The Kier molecular flexibility index (Phi) is 5.15. The Hall–Kier alpha value is -3.06. The second-order valence-corrected chi connectivity index (χ2v) is 7.79. The lowest BCUT2D eigenvalue weighted by Gasteiger charge is -2.22. The van der Waals surface area contributed by atoms with Crippen LogP contribution in [0.3, 0.4) is 0 Å². The number of pyridine rings is 1. The van der Waals surface area contributed by atoms with Crippen LogP contribution in [0, 0.1) is 13.8 Å². The second-order valence-electron chi connectivity index (χ2n) is 7.79. The average Bonchev–Trinajstić information content (AvgIpc) is 3.15. The van der Waals surface area contributed by atoms with Gasteiger partial charge in [-0.2, -0.15) is 0 Å². The normalized spacial score (nSPS) is 16.4. The molecule has 1 aromatic carbocycles. The number of fused-ring (bicyclic) bond motifs is 1. The highest BCUT2D eigenvalue weighted by atomic mass is 16.2. The number of hydrogen-bond acceptors (Lipinski definition) is 6. The lowest BCUT2D eigenvalue weighted by molar-refractivity contribution is 0.0772. The van der Waals surface area contributed by atoms with Gasteiger partial charge < -0.3 is 15.5 Å². The quantitative estimate of drug-likeness (QED) is 0.736. The maximum atomic E-state index is 13.1. The number of carbonyl (C=O) groups is 1. The van der Waals surface area contributed by atoms with Crippen molar-refractivity contribution in [1.82, 2.24) is 19.9 Å². The summed E-state index contributed by atoms with van der Waals surface area (Å²) < 4.78 is 0. The Labute approximate surface area is 170 Å². The van der Waals surface area contributed by atoms with Crippen LogP contribution in [-0.2, 0) is 6.54 Å². The van der Waals surface area contributed by atoms with Crippen LogP contribution in [0.15, 0.2) is 36.7 Å². The minimum atomic E-state index is -0.187. The average molecular weight is 390 g/mol. The van der Waals surface area contributed by atoms with Gasteiger partial charge in [-0.25, -0.2) is 9.97 Å². The van der Waals surface area contributed by atoms with Gasteiger partial charge in [-0.05, 0) is 43.4 Å². The van der Waals surface area contributed by atoms with Crippen molar-refractivity contribution in [2.24, 2.45) is 5.73 Å². The van der Waals surface area contributed by atoms with Gasteiger partial charge in [0.2, 0.25) is 5.82 Å². The minimum Gasteiger partial charge on any atom is -0.355 e. The molecule has 1 aliphatic rings. The third kappa shape index (κ3) is 3.91. The predicted molar refractivity (Wildman–Crippen MR) is 114 cm³/mol. The molecule has 7 heteroatoms. The Balaban J connectivity index is 1.57. The van der Waals surface area contributed by atoms with E-state index in [4.69, 9.17) is 5.73 Å². The number of anilines is 1. The minimum absolute atomic E-state index is 0.148. The molecule has 1 saturated heterocycles. The van der Waals surface area contributed by atoms with Crippen molar-refractivity contribution in [1.29, 1.82) is 0 Å². The lowest BCUT2D eigenvalue weighted by atomic mass is 10.1. The molecule has 0 saturated carbocycles. The summed E-state index contributed by atoms with van der Waals surface area (Å²) in [7, 11) is 1.78. The van der Waals surface area contributed by atoms with Crippen molar-refractivity contribution in [3.05, 3.63) is 59.3 Å². The number of aryl methyl sites for hydroxylation is 1. The molecule has 29 heavy (non-hydrogen) atoms. The molecule has 7 nitrogen and oxygen atoms in total. The number of nitrogens with two attached hydrogens (primary N) is 1. The van der Waals surface area contributed by atoms with E-state index in [2.05, 4.69) is 25.9 Å². The fourth-order valence-corrected chi connectivity index (χ4v) is 3.74. The van der Waals surface area contributed by atoms with E-state index >= 15 is 0 Å². The third-order valence-electron chi connectivity index (χ3n) is 5.55. The zero-order chi connectivity index (χ0) is 20.5. The highest BCUT2D eigenvalue weighted by molar-refractivity contribution is 5.91. The van der Waals surface area contributed by atoms with Gasteiger partial charge in [0.15, 0.2) is 0 Å². The molecule has 3 heterocycles. The van der Waals surface area contributed by atoms with Crippen LogP contribution in [0.4, 0.5) is 5.82 Å². The molecule has 2 aromatic heterocycles. The summed E-state index contributed by atoms with van der Waals surface area (Å²) >= 11 is 0. The van der Waals surface area contributed by atoms with Crippen molar-refractivity contribution < 1.29 is 4.79 Å². The van der Waals surface area contributed by atoms with Crippen molar-refractivity contribution in [2.45, 2.75) is 32.9 Å². The number of nitrogens with zero attached hydrogens (tertiary/aromatic N) is 5. The number of amides is 1. The smallest absolute Gasteiger partial charge is 0.291 e. The lowest BCUT2D eigenvalue weighted by Crippen LogP contribution is -2.31. The summed E-state index contributed by atoms with van der Waals surface area (Å²) in [5, 5.41) is 2.18. The third-order valence-corrected chi connectivity index (χ3v) is 5.55. The van der Waals surface area contributed by atoms with Crippen molar-refractivity contribution >= 4 is 22.5 Å². The number of hydrogen-bond donors (Lipinski definition) is 1. The van der Waals surface area contributed by atoms with Gasteiger partial charge in [-0.3, -0.25) is 9.78 Å². The number of benzene rings is 1. The molecular formula is C22H26N6O. The summed E-state index contributed by atoms with van der Waals surface area (Å²) in [5.74, 6) is 0.865. The molecule has 0 aliphatic carbocycles. The molecule has 150 valence electrons. The van der Waals surface area contributed by atoms with E-state index in [1.807, 2.05) is 38.2 Å². The SMILES string of the molecule is Cc1nc(C(=O)N(C)Cc2ccc3cnccc3c2)nc(N2CC[C@@H](N)C2)c1C. The largest absolute Gasteiger partial charge is 0.355 e. The molecule has 1 amide bonds. The van der Waals surface area contributed by atoms with E-state index in [1.165, 1.54) is 0 Å². The maximum absolute atomic E-state index is 13.1. The van der Waals surface area contributed by atoms with Gasteiger partial charge in [0, 0.05) is 61.8 Å². The first-order chi connectivity index (χ1) is 13.9. The second kappa shape index (κ2) is 7.75. The van der Waals surface area contributed by atoms with Crippen LogP contribution < -0.4 is 10.6 Å². The van der Waals surface area contributed by atoms with E-state index in [1.54, 1.807) is 18.1 Å². The molecule has 0 spiro atoms. The molecule has 3 aromatic rings. The maximum Gasteiger partial charge on any atom is 0.291 e. The first kappa shape index (κ1) is 19.3. The topological polar surface area (TPSA) is 88.2 Å². The Morgan fingerprint density at radius 3 is 2.83 bits per heavy atom. The van der Waals surface area contributed by atoms with E-state index < -0.39 is 0 Å². The number of rotatable bonds is 4. The van der Waals surface area contributed by atoms with E-state index in [9.17, 15) is 4.79 Å². The summed E-state index contributed by atoms with van der Waals surface area (Å²) in [5.41, 5.74) is 8.93.